The molecule has 0 spiro atoms. The molecule has 0 unspecified atom stereocenters. The summed E-state index contributed by atoms with van der Waals surface area (Å²) >= 11 is 0. The molecule has 1 aromatic heterocycles. The van der Waals surface area contributed by atoms with E-state index in [9.17, 15) is 14.4 Å². The molecule has 1 aliphatic rings. The van der Waals surface area contributed by atoms with Crippen LogP contribution in [0, 0.1) is 0 Å². The van der Waals surface area contributed by atoms with Crippen molar-refractivity contribution in [1.29, 1.82) is 0 Å². The molecule has 2 rings (SSSR count). The van der Waals surface area contributed by atoms with Crippen molar-refractivity contribution < 1.29 is 9.53 Å². The summed E-state index contributed by atoms with van der Waals surface area (Å²) in [5, 5.41) is 0. The Hall–Kier alpha value is -1.69. The summed E-state index contributed by atoms with van der Waals surface area (Å²) in [5.41, 5.74) is -1.49. The molecule has 6 nitrogen and oxygen atoms in total. The van der Waals surface area contributed by atoms with Crippen molar-refractivity contribution in [2.75, 3.05) is 7.11 Å². The Morgan fingerprint density at radius 2 is 2.17 bits per heavy atom. The first-order valence-electron chi connectivity index (χ1n) is 5.88. The van der Waals surface area contributed by atoms with Gasteiger partial charge in [0.1, 0.15) is 0 Å². The van der Waals surface area contributed by atoms with E-state index in [2.05, 4.69) is 4.98 Å². The van der Waals surface area contributed by atoms with E-state index in [0.29, 0.717) is 0 Å². The number of nitrogens with zero attached hydrogens (tertiary/aromatic N) is 1. The van der Waals surface area contributed by atoms with Crippen LogP contribution in [0.4, 0.5) is 0 Å². The number of methoxy groups -OCH3 is 1. The molecule has 1 saturated carbocycles. The Morgan fingerprint density at radius 1 is 1.50 bits per heavy atom. The topological polar surface area (TPSA) is 81.2 Å². The lowest BCUT2D eigenvalue weighted by molar-refractivity contribution is -0.0848. The van der Waals surface area contributed by atoms with Gasteiger partial charge in [-0.2, -0.15) is 0 Å². The standard InChI is InChI=1S/C12H16N2O4/c1-8(15)9-6-13-11(17)14(10(9)16)7-12(18-2)4-3-5-12/h6H,3-5,7H2,1-2H3,(H,13,17). The predicted octanol–water partition coefficient (Wildman–Crippen LogP) is 0.308. The van der Waals surface area contributed by atoms with Crippen molar-refractivity contribution in [3.63, 3.8) is 0 Å². The third kappa shape index (κ3) is 2.03. The zero-order valence-electron chi connectivity index (χ0n) is 10.5. The maximum Gasteiger partial charge on any atom is 0.328 e. The van der Waals surface area contributed by atoms with Crippen LogP contribution >= 0.6 is 0 Å². The van der Waals surface area contributed by atoms with Crippen LogP contribution in [0.3, 0.4) is 0 Å². The van der Waals surface area contributed by atoms with Crippen LogP contribution < -0.4 is 11.2 Å². The molecule has 0 radical (unpaired) electrons. The van der Waals surface area contributed by atoms with Gasteiger partial charge in [-0.15, -0.1) is 0 Å². The maximum absolute atomic E-state index is 12.0. The Kier molecular flexibility index (Phi) is 3.21. The van der Waals surface area contributed by atoms with Crippen molar-refractivity contribution in [2.24, 2.45) is 0 Å². The number of hydrogen-bond donors (Lipinski definition) is 1. The smallest absolute Gasteiger partial charge is 0.328 e. The molecule has 1 fully saturated rings. The second kappa shape index (κ2) is 4.53. The van der Waals surface area contributed by atoms with E-state index in [4.69, 9.17) is 4.74 Å². The molecular weight excluding hydrogens is 236 g/mol. The molecule has 98 valence electrons. The van der Waals surface area contributed by atoms with Crippen molar-refractivity contribution >= 4 is 5.78 Å². The molecule has 18 heavy (non-hydrogen) atoms. The third-order valence-electron chi connectivity index (χ3n) is 3.58. The quantitative estimate of drug-likeness (QED) is 0.782. The van der Waals surface area contributed by atoms with Crippen LogP contribution in [0.15, 0.2) is 15.8 Å². The number of rotatable bonds is 4. The number of carbonyl (C=O) groups is 1. The highest BCUT2D eigenvalue weighted by Gasteiger charge is 2.38. The lowest BCUT2D eigenvalue weighted by Crippen LogP contribution is -2.50. The number of H-pyrrole nitrogens is 1. The second-order valence-corrected chi connectivity index (χ2v) is 4.70. The molecule has 0 saturated heterocycles. The highest BCUT2D eigenvalue weighted by molar-refractivity contribution is 5.93. The Bertz CT molecular complexity index is 575. The fourth-order valence-electron chi connectivity index (χ4n) is 2.19. The minimum atomic E-state index is -0.547. The van der Waals surface area contributed by atoms with Crippen LogP contribution in [0.25, 0.3) is 0 Å². The van der Waals surface area contributed by atoms with Gasteiger partial charge in [-0.3, -0.25) is 14.2 Å². The van der Waals surface area contributed by atoms with Crippen LogP contribution in [0.5, 0.6) is 0 Å². The first-order valence-corrected chi connectivity index (χ1v) is 5.88. The van der Waals surface area contributed by atoms with Gasteiger partial charge in [-0.1, -0.05) is 0 Å². The molecule has 1 heterocycles. The highest BCUT2D eigenvalue weighted by atomic mass is 16.5. The second-order valence-electron chi connectivity index (χ2n) is 4.70. The maximum atomic E-state index is 12.0. The van der Waals surface area contributed by atoms with Crippen molar-refractivity contribution in [1.82, 2.24) is 9.55 Å². The number of aromatic nitrogens is 2. The van der Waals surface area contributed by atoms with Crippen LogP contribution in [-0.4, -0.2) is 28.0 Å². The zero-order chi connectivity index (χ0) is 13.3. The number of carbonyl (C=O) groups excluding carboxylic acids is 1. The average molecular weight is 252 g/mol. The number of ether oxygens (including phenoxy) is 1. The van der Waals surface area contributed by atoms with Gasteiger partial charge in [0.15, 0.2) is 5.78 Å². The highest BCUT2D eigenvalue weighted by Crippen LogP contribution is 2.35. The average Bonchev–Trinajstić information content (AvgIpc) is 2.26. The van der Waals surface area contributed by atoms with E-state index in [1.54, 1.807) is 7.11 Å². The Balaban J connectivity index is 2.44. The van der Waals surface area contributed by atoms with Crippen molar-refractivity contribution in [3.8, 4) is 0 Å². The summed E-state index contributed by atoms with van der Waals surface area (Å²) in [7, 11) is 1.58. The third-order valence-corrected chi connectivity index (χ3v) is 3.58. The molecule has 0 atom stereocenters. The van der Waals surface area contributed by atoms with E-state index in [0.717, 1.165) is 23.8 Å². The lowest BCUT2D eigenvalue weighted by atomic mass is 9.80. The predicted molar refractivity (Wildman–Crippen MR) is 64.9 cm³/mol. The number of Topliss-reactive ketones (excluding diaryl/α,β-unsaturated/α-hetero) is 1. The number of aromatic amines is 1. The van der Waals surface area contributed by atoms with Gasteiger partial charge in [0.25, 0.3) is 5.56 Å². The summed E-state index contributed by atoms with van der Waals surface area (Å²) in [4.78, 5) is 37.4. The lowest BCUT2D eigenvalue weighted by Gasteiger charge is -2.40. The van der Waals surface area contributed by atoms with Crippen molar-refractivity contribution in [3.05, 3.63) is 32.6 Å². The minimum Gasteiger partial charge on any atom is -0.376 e. The molecule has 0 aliphatic heterocycles. The molecule has 1 N–H and O–H groups in total. The number of ketones is 1. The van der Waals surface area contributed by atoms with E-state index in [-0.39, 0.29) is 17.9 Å². The fourth-order valence-corrected chi connectivity index (χ4v) is 2.19. The first kappa shape index (κ1) is 12.8. The SMILES string of the molecule is COC1(Cn2c(=O)[nH]cc(C(C)=O)c2=O)CCC1. The molecule has 0 amide bonds. The summed E-state index contributed by atoms with van der Waals surface area (Å²) in [6, 6.07) is 0. The molecular formula is C12H16N2O4. The molecule has 1 aliphatic carbocycles. The van der Waals surface area contributed by atoms with Crippen LogP contribution in [0.2, 0.25) is 0 Å². The summed E-state index contributed by atoms with van der Waals surface area (Å²) < 4.78 is 6.45. The molecule has 1 aromatic rings. The molecule has 6 heteroatoms. The molecule has 0 aromatic carbocycles. The van der Waals surface area contributed by atoms with Crippen LogP contribution in [0.1, 0.15) is 36.5 Å². The van der Waals surface area contributed by atoms with Gasteiger partial charge in [0, 0.05) is 13.3 Å². The van der Waals surface area contributed by atoms with Gasteiger partial charge in [-0.05, 0) is 26.2 Å². The summed E-state index contributed by atoms with van der Waals surface area (Å²) in [6.45, 7) is 1.49. The number of nitrogens with one attached hydrogen (secondary N) is 1. The monoisotopic (exact) mass is 252 g/mol. The van der Waals surface area contributed by atoms with Gasteiger partial charge >= 0.3 is 5.69 Å². The van der Waals surface area contributed by atoms with Crippen LogP contribution in [-0.2, 0) is 11.3 Å². The van der Waals surface area contributed by atoms with Crippen molar-refractivity contribution in [2.45, 2.75) is 38.3 Å². The van der Waals surface area contributed by atoms with Gasteiger partial charge in [0.2, 0.25) is 0 Å². The van der Waals surface area contributed by atoms with Gasteiger partial charge in [0.05, 0.1) is 17.7 Å². The first-order chi connectivity index (χ1) is 8.49. The van der Waals surface area contributed by atoms with Gasteiger partial charge in [-0.25, -0.2) is 4.79 Å². The summed E-state index contributed by atoms with van der Waals surface area (Å²) in [5.74, 6) is -0.356. The van der Waals surface area contributed by atoms with E-state index in [1.165, 1.54) is 13.1 Å². The summed E-state index contributed by atoms with van der Waals surface area (Å²) in [6.07, 6.45) is 3.83. The molecule has 0 bridgehead atoms. The zero-order valence-corrected chi connectivity index (χ0v) is 10.5. The Morgan fingerprint density at radius 3 is 2.61 bits per heavy atom. The van der Waals surface area contributed by atoms with E-state index < -0.39 is 16.9 Å². The Labute approximate surface area is 104 Å². The fraction of sp³-hybridized carbons (Fsp3) is 0.583. The minimum absolute atomic E-state index is 0.000163. The van der Waals surface area contributed by atoms with Gasteiger partial charge < -0.3 is 9.72 Å². The van der Waals surface area contributed by atoms with E-state index >= 15 is 0 Å². The van der Waals surface area contributed by atoms with E-state index in [1.807, 2.05) is 0 Å². The normalized spacial score (nSPS) is 17.2. The number of hydrogen-bond acceptors (Lipinski definition) is 4. The largest absolute Gasteiger partial charge is 0.376 e.